The smallest absolute Gasteiger partial charge is 0.185 e. The molecule has 0 heterocycles. The molecule has 0 fully saturated rings. The molecule has 0 saturated carbocycles. The lowest BCUT2D eigenvalue weighted by molar-refractivity contribution is 0.128. The van der Waals surface area contributed by atoms with Crippen LogP contribution >= 0.6 is 0 Å². The number of rotatable bonds is 2. The summed E-state index contributed by atoms with van der Waals surface area (Å²) in [6.07, 6.45) is -0.274. The van der Waals surface area contributed by atoms with Crippen molar-refractivity contribution in [1.29, 1.82) is 5.26 Å². The molecule has 0 aliphatic rings. The highest BCUT2D eigenvalue weighted by Crippen LogP contribution is 2.24. The third kappa shape index (κ3) is 4.53. The van der Waals surface area contributed by atoms with Gasteiger partial charge in [-0.1, -0.05) is 20.8 Å². The van der Waals surface area contributed by atoms with E-state index < -0.39 is 8.32 Å². The van der Waals surface area contributed by atoms with Crippen LogP contribution in [0.5, 0.6) is 0 Å². The van der Waals surface area contributed by atoms with Gasteiger partial charge in [0, 0.05) is 5.41 Å². The van der Waals surface area contributed by atoms with Crippen molar-refractivity contribution >= 4 is 8.32 Å². The first-order valence-electron chi connectivity index (χ1n) is 4.24. The first-order chi connectivity index (χ1) is 5.17. The summed E-state index contributed by atoms with van der Waals surface area (Å²) in [4.78, 5) is 0. The zero-order valence-electron chi connectivity index (χ0n) is 8.93. The van der Waals surface area contributed by atoms with Crippen LogP contribution in [0.1, 0.15) is 20.8 Å². The molecule has 0 spiro atoms. The van der Waals surface area contributed by atoms with Gasteiger partial charge in [-0.25, -0.2) is 0 Å². The normalized spacial score (nSPS) is 15.4. The molecule has 0 N–H and O–H groups in total. The predicted molar refractivity (Wildman–Crippen MR) is 53.3 cm³/mol. The largest absolute Gasteiger partial charge is 0.402 e. The van der Waals surface area contributed by atoms with E-state index in [1.165, 1.54) is 0 Å². The number of nitriles is 1. The van der Waals surface area contributed by atoms with E-state index in [1.54, 1.807) is 0 Å². The summed E-state index contributed by atoms with van der Waals surface area (Å²) < 4.78 is 5.73. The molecule has 0 aliphatic heterocycles. The van der Waals surface area contributed by atoms with E-state index in [1.807, 2.05) is 20.8 Å². The van der Waals surface area contributed by atoms with Crippen LogP contribution in [0.2, 0.25) is 19.6 Å². The van der Waals surface area contributed by atoms with E-state index in [0.717, 1.165) is 0 Å². The Labute approximate surface area is 76.7 Å². The van der Waals surface area contributed by atoms with Crippen LogP contribution in [0.25, 0.3) is 0 Å². The fraction of sp³-hybridized carbons (Fsp3) is 0.889. The molecule has 0 bridgehead atoms. The summed E-state index contributed by atoms with van der Waals surface area (Å²) in [6.45, 7) is 12.4. The molecule has 0 amide bonds. The van der Waals surface area contributed by atoms with Gasteiger partial charge in [0.2, 0.25) is 0 Å². The van der Waals surface area contributed by atoms with Crippen LogP contribution in [-0.4, -0.2) is 14.4 Å². The molecule has 12 heavy (non-hydrogen) atoms. The van der Waals surface area contributed by atoms with Crippen LogP contribution in [0.3, 0.4) is 0 Å². The Morgan fingerprint density at radius 2 is 1.67 bits per heavy atom. The van der Waals surface area contributed by atoms with Gasteiger partial charge in [-0.05, 0) is 19.6 Å². The van der Waals surface area contributed by atoms with Crippen molar-refractivity contribution in [2.24, 2.45) is 5.41 Å². The minimum absolute atomic E-state index is 0.0744. The van der Waals surface area contributed by atoms with Crippen LogP contribution in [-0.2, 0) is 4.43 Å². The number of hydrogen-bond acceptors (Lipinski definition) is 2. The van der Waals surface area contributed by atoms with Crippen molar-refractivity contribution < 1.29 is 4.43 Å². The predicted octanol–water partition coefficient (Wildman–Crippen LogP) is 2.78. The van der Waals surface area contributed by atoms with Crippen LogP contribution in [0.15, 0.2) is 0 Å². The van der Waals surface area contributed by atoms with Crippen molar-refractivity contribution in [3.63, 3.8) is 0 Å². The van der Waals surface area contributed by atoms with Crippen LogP contribution < -0.4 is 0 Å². The maximum atomic E-state index is 8.87. The lowest BCUT2D eigenvalue weighted by atomic mass is 9.90. The highest BCUT2D eigenvalue weighted by Gasteiger charge is 2.30. The average Bonchev–Trinajstić information content (AvgIpc) is 1.78. The number of hydrogen-bond donors (Lipinski definition) is 0. The highest BCUT2D eigenvalue weighted by atomic mass is 28.4. The molecule has 0 saturated heterocycles. The van der Waals surface area contributed by atoms with Gasteiger partial charge in [0.15, 0.2) is 8.32 Å². The minimum Gasteiger partial charge on any atom is -0.402 e. The second kappa shape index (κ2) is 3.59. The van der Waals surface area contributed by atoms with E-state index in [2.05, 4.69) is 25.7 Å². The molecule has 2 nitrogen and oxygen atoms in total. The van der Waals surface area contributed by atoms with Gasteiger partial charge < -0.3 is 4.43 Å². The quantitative estimate of drug-likeness (QED) is 0.620. The van der Waals surface area contributed by atoms with E-state index in [4.69, 9.17) is 9.69 Å². The fourth-order valence-electron chi connectivity index (χ4n) is 0.750. The Morgan fingerprint density at radius 1 is 1.25 bits per heavy atom. The average molecular weight is 185 g/mol. The topological polar surface area (TPSA) is 33.0 Å². The Balaban J connectivity index is 4.33. The third-order valence-electron chi connectivity index (χ3n) is 1.38. The molecule has 0 rings (SSSR count). The molecule has 0 aromatic rings. The molecule has 1 atom stereocenters. The Kier molecular flexibility index (Phi) is 3.49. The molecular weight excluding hydrogens is 166 g/mol. The maximum Gasteiger partial charge on any atom is 0.185 e. The zero-order chi connectivity index (χ0) is 9.99. The summed E-state index contributed by atoms with van der Waals surface area (Å²) in [5.41, 5.74) is -0.0744. The maximum absolute atomic E-state index is 8.87. The van der Waals surface area contributed by atoms with Gasteiger partial charge in [-0.3, -0.25) is 0 Å². The zero-order valence-corrected chi connectivity index (χ0v) is 9.93. The first-order valence-corrected chi connectivity index (χ1v) is 7.65. The monoisotopic (exact) mass is 185 g/mol. The molecule has 70 valence electrons. The first kappa shape index (κ1) is 11.7. The molecule has 0 aromatic carbocycles. The van der Waals surface area contributed by atoms with E-state index in [-0.39, 0.29) is 11.5 Å². The van der Waals surface area contributed by atoms with E-state index in [9.17, 15) is 0 Å². The third-order valence-corrected chi connectivity index (χ3v) is 2.32. The number of nitrogens with zero attached hydrogens (tertiary/aromatic N) is 1. The van der Waals surface area contributed by atoms with E-state index in [0.29, 0.717) is 0 Å². The van der Waals surface area contributed by atoms with Crippen LogP contribution in [0, 0.1) is 16.7 Å². The molecule has 0 aromatic heterocycles. The van der Waals surface area contributed by atoms with Crippen LogP contribution in [0.4, 0.5) is 0 Å². The minimum atomic E-state index is -1.57. The fourth-order valence-corrected chi connectivity index (χ4v) is 1.86. The van der Waals surface area contributed by atoms with Gasteiger partial charge in [0.05, 0.1) is 6.07 Å². The van der Waals surface area contributed by atoms with Crippen molar-refractivity contribution in [1.82, 2.24) is 0 Å². The summed E-state index contributed by atoms with van der Waals surface area (Å²) in [7, 11) is -1.57. The van der Waals surface area contributed by atoms with Gasteiger partial charge in [0.25, 0.3) is 0 Å². The Bertz CT molecular complexity index is 182. The second-order valence-electron chi connectivity index (χ2n) is 5.11. The Morgan fingerprint density at radius 3 is 1.75 bits per heavy atom. The van der Waals surface area contributed by atoms with Gasteiger partial charge in [0.1, 0.15) is 6.10 Å². The summed E-state index contributed by atoms with van der Waals surface area (Å²) in [5, 5.41) is 8.87. The molecular formula is C9H19NOSi. The van der Waals surface area contributed by atoms with E-state index >= 15 is 0 Å². The SMILES string of the molecule is CC(C)(C)C(C#N)O[Si](C)(C)C. The molecule has 0 aliphatic carbocycles. The summed E-state index contributed by atoms with van der Waals surface area (Å²) >= 11 is 0. The van der Waals surface area contributed by atoms with Gasteiger partial charge in [-0.15, -0.1) is 0 Å². The van der Waals surface area contributed by atoms with Crippen molar-refractivity contribution in [3.05, 3.63) is 0 Å². The van der Waals surface area contributed by atoms with Crippen molar-refractivity contribution in [2.75, 3.05) is 0 Å². The standard InChI is InChI=1S/C9H19NOSi/c1-9(2,3)8(7-10)11-12(4,5)6/h8H,1-6H3. The summed E-state index contributed by atoms with van der Waals surface area (Å²) in [5.74, 6) is 0. The van der Waals surface area contributed by atoms with Gasteiger partial charge >= 0.3 is 0 Å². The Hall–Kier alpha value is -0.333. The van der Waals surface area contributed by atoms with Gasteiger partial charge in [-0.2, -0.15) is 5.26 Å². The molecule has 0 radical (unpaired) electrons. The second-order valence-corrected chi connectivity index (χ2v) is 9.57. The molecule has 1 unspecified atom stereocenters. The highest BCUT2D eigenvalue weighted by molar-refractivity contribution is 6.69. The van der Waals surface area contributed by atoms with Crippen molar-refractivity contribution in [3.8, 4) is 6.07 Å². The molecule has 3 heteroatoms. The summed E-state index contributed by atoms with van der Waals surface area (Å²) in [6, 6.07) is 2.21. The lowest BCUT2D eigenvalue weighted by Crippen LogP contribution is -2.38. The van der Waals surface area contributed by atoms with Crippen molar-refractivity contribution in [2.45, 2.75) is 46.5 Å². The lowest BCUT2D eigenvalue weighted by Gasteiger charge is -2.30.